The first kappa shape index (κ1) is 19.5. The van der Waals surface area contributed by atoms with Crippen molar-refractivity contribution >= 4 is 17.9 Å². The molecule has 22 heavy (non-hydrogen) atoms. The van der Waals surface area contributed by atoms with E-state index in [9.17, 15) is 25.2 Å². The van der Waals surface area contributed by atoms with Crippen LogP contribution in [-0.4, -0.2) is 96.9 Å². The monoisotopic (exact) mass is 343 g/mol. The molecule has 10 nitrogen and oxygen atoms in total. The van der Waals surface area contributed by atoms with E-state index in [2.05, 4.69) is 4.72 Å². The lowest BCUT2D eigenvalue weighted by Gasteiger charge is -2.44. The van der Waals surface area contributed by atoms with Gasteiger partial charge in [-0.05, 0) is 0 Å². The highest BCUT2D eigenvalue weighted by Gasteiger charge is 2.53. The van der Waals surface area contributed by atoms with Crippen molar-refractivity contribution in [2.75, 3.05) is 19.0 Å². The molecule has 1 saturated heterocycles. The first-order chi connectivity index (χ1) is 10.3. The Morgan fingerprint density at radius 3 is 2.55 bits per heavy atom. The van der Waals surface area contributed by atoms with Gasteiger partial charge in [-0.25, -0.2) is 4.79 Å². The van der Waals surface area contributed by atoms with Crippen LogP contribution < -0.4 is 4.72 Å². The second-order valence-corrected chi connectivity index (χ2v) is 5.83. The van der Waals surface area contributed by atoms with Gasteiger partial charge in [0.25, 0.3) is 5.79 Å². The third-order valence-corrected chi connectivity index (χ3v) is 4.08. The minimum Gasteiger partial charge on any atom is -0.477 e. The van der Waals surface area contributed by atoms with E-state index >= 15 is 0 Å². The number of aliphatic hydroxyl groups is 6. The lowest BCUT2D eigenvalue weighted by molar-refractivity contribution is -0.293. The molecule has 1 fully saturated rings. The molecule has 0 bridgehead atoms. The average molecular weight is 343 g/mol. The van der Waals surface area contributed by atoms with Crippen molar-refractivity contribution in [1.82, 2.24) is 4.72 Å². The minimum atomic E-state index is -2.72. The molecular weight excluding hydrogens is 322 g/mol. The number of hydrogen-bond donors (Lipinski definition) is 8. The summed E-state index contributed by atoms with van der Waals surface area (Å²) in [5, 5.41) is 65.9. The van der Waals surface area contributed by atoms with Crippen molar-refractivity contribution in [2.24, 2.45) is 0 Å². The number of aliphatic carboxylic acids is 1. The first-order valence-corrected chi connectivity index (χ1v) is 7.52. The molecule has 0 aromatic carbocycles. The largest absolute Gasteiger partial charge is 0.477 e. The Bertz CT molecular complexity index is 373. The molecule has 8 N–H and O–H groups in total. The maximum absolute atomic E-state index is 11.1. The molecule has 0 spiro atoms. The maximum Gasteiger partial charge on any atom is 0.364 e. The summed E-state index contributed by atoms with van der Waals surface area (Å²) in [5.74, 6) is -4.22. The summed E-state index contributed by atoms with van der Waals surface area (Å²) in [6.45, 7) is -0.980. The number of rotatable bonds is 8. The standard InChI is InChI=1S/C11H21NO9S/c13-1-2-22-12-7-5(15)3-11(20,10(18)19)21-9(7)8(17)6(16)4-14/h5-9,12-17,20H,1-4H2,(H,18,19)/t5-,6+,7+,8+,9+,11?/m0/s1. The van der Waals surface area contributed by atoms with Gasteiger partial charge in [-0.1, -0.05) is 11.9 Å². The molecule has 1 rings (SSSR count). The van der Waals surface area contributed by atoms with Gasteiger partial charge in [-0.15, -0.1) is 0 Å². The van der Waals surface area contributed by atoms with E-state index in [0.717, 1.165) is 11.9 Å². The second kappa shape index (κ2) is 8.38. The van der Waals surface area contributed by atoms with Crippen LogP contribution in [0.4, 0.5) is 0 Å². The van der Waals surface area contributed by atoms with Crippen molar-refractivity contribution in [2.45, 2.75) is 42.7 Å². The lowest BCUT2D eigenvalue weighted by Crippen LogP contribution is -2.65. The number of ether oxygens (including phenoxy) is 1. The Morgan fingerprint density at radius 2 is 2.05 bits per heavy atom. The number of carbonyl (C=O) groups is 1. The van der Waals surface area contributed by atoms with Gasteiger partial charge < -0.3 is 40.5 Å². The summed E-state index contributed by atoms with van der Waals surface area (Å²) in [4.78, 5) is 11.1. The van der Waals surface area contributed by atoms with E-state index in [-0.39, 0.29) is 12.4 Å². The number of carboxylic acid groups (broad SMARTS) is 1. The summed E-state index contributed by atoms with van der Waals surface area (Å²) in [6, 6.07) is -1.03. The fourth-order valence-electron chi connectivity index (χ4n) is 2.07. The maximum atomic E-state index is 11.1. The zero-order valence-electron chi connectivity index (χ0n) is 11.6. The average Bonchev–Trinajstić information content (AvgIpc) is 2.47. The highest BCUT2D eigenvalue weighted by molar-refractivity contribution is 7.97. The number of carboxylic acids is 1. The van der Waals surface area contributed by atoms with Crippen LogP contribution in [0.1, 0.15) is 6.42 Å². The predicted molar refractivity (Wildman–Crippen MR) is 73.6 cm³/mol. The Morgan fingerprint density at radius 1 is 1.41 bits per heavy atom. The van der Waals surface area contributed by atoms with Crippen molar-refractivity contribution in [3.63, 3.8) is 0 Å². The molecule has 0 aromatic rings. The van der Waals surface area contributed by atoms with E-state index in [1.54, 1.807) is 0 Å². The molecule has 1 aliphatic rings. The number of nitrogens with one attached hydrogen (secondary N) is 1. The third kappa shape index (κ3) is 4.50. The Balaban J connectivity index is 2.94. The van der Waals surface area contributed by atoms with Gasteiger partial charge in [0.15, 0.2) is 0 Å². The molecular formula is C11H21NO9S. The zero-order valence-corrected chi connectivity index (χ0v) is 12.4. The van der Waals surface area contributed by atoms with Crippen molar-refractivity contribution in [3.8, 4) is 0 Å². The lowest BCUT2D eigenvalue weighted by atomic mass is 9.89. The Kier molecular flexibility index (Phi) is 7.45. The highest BCUT2D eigenvalue weighted by atomic mass is 32.2. The Labute approximate surface area is 130 Å². The molecule has 1 heterocycles. The van der Waals surface area contributed by atoms with Crippen LogP contribution in [0.3, 0.4) is 0 Å². The summed E-state index contributed by atoms with van der Waals surface area (Å²) in [5.41, 5.74) is 0. The molecule has 1 aliphatic heterocycles. The van der Waals surface area contributed by atoms with Gasteiger partial charge in [0, 0.05) is 12.2 Å². The summed E-state index contributed by atoms with van der Waals surface area (Å²) in [7, 11) is 0. The van der Waals surface area contributed by atoms with E-state index in [0.29, 0.717) is 0 Å². The van der Waals surface area contributed by atoms with Crippen LogP contribution in [0.2, 0.25) is 0 Å². The second-order valence-electron chi connectivity index (χ2n) is 4.90. The van der Waals surface area contributed by atoms with E-state index in [1.807, 2.05) is 0 Å². The Hall–Kier alpha value is -0.500. The zero-order chi connectivity index (χ0) is 16.9. The molecule has 0 saturated carbocycles. The molecule has 0 aromatic heterocycles. The summed E-state index contributed by atoms with van der Waals surface area (Å²) >= 11 is 0.988. The first-order valence-electron chi connectivity index (χ1n) is 6.53. The molecule has 6 atom stereocenters. The van der Waals surface area contributed by atoms with Crippen LogP contribution >= 0.6 is 11.9 Å². The smallest absolute Gasteiger partial charge is 0.364 e. The van der Waals surface area contributed by atoms with Crippen LogP contribution in [0.25, 0.3) is 0 Å². The summed E-state index contributed by atoms with van der Waals surface area (Å²) in [6.07, 6.45) is -6.97. The molecule has 0 aliphatic carbocycles. The van der Waals surface area contributed by atoms with Gasteiger partial charge in [0.1, 0.15) is 18.3 Å². The number of hydrogen-bond acceptors (Lipinski definition) is 10. The van der Waals surface area contributed by atoms with Gasteiger partial charge in [-0.2, -0.15) is 0 Å². The van der Waals surface area contributed by atoms with Gasteiger partial charge in [0.05, 0.1) is 25.4 Å². The van der Waals surface area contributed by atoms with E-state index in [4.69, 9.17) is 20.1 Å². The van der Waals surface area contributed by atoms with Crippen LogP contribution in [0.15, 0.2) is 0 Å². The SMILES string of the molecule is O=C(O)C1(O)C[C@H](O)[C@@H](NSCCO)[C@H]([C@H](O)[C@H](O)CO)O1. The quantitative estimate of drug-likeness (QED) is 0.160. The van der Waals surface area contributed by atoms with E-state index in [1.165, 1.54) is 0 Å². The third-order valence-electron chi connectivity index (χ3n) is 3.25. The van der Waals surface area contributed by atoms with Gasteiger partial charge >= 0.3 is 5.97 Å². The van der Waals surface area contributed by atoms with Gasteiger partial charge in [-0.3, -0.25) is 4.72 Å². The van der Waals surface area contributed by atoms with Crippen molar-refractivity contribution in [3.05, 3.63) is 0 Å². The van der Waals surface area contributed by atoms with Crippen molar-refractivity contribution < 1.29 is 45.3 Å². The molecule has 11 heteroatoms. The summed E-state index contributed by atoms with van der Waals surface area (Å²) < 4.78 is 7.65. The van der Waals surface area contributed by atoms with Gasteiger partial charge in [0.2, 0.25) is 0 Å². The van der Waals surface area contributed by atoms with Crippen LogP contribution in [0, 0.1) is 0 Å². The minimum absolute atomic E-state index is 0.160. The molecule has 1 unspecified atom stereocenters. The van der Waals surface area contributed by atoms with E-state index < -0.39 is 55.2 Å². The predicted octanol–water partition coefficient (Wildman–Crippen LogP) is -3.78. The van der Waals surface area contributed by atoms with Crippen molar-refractivity contribution in [1.29, 1.82) is 0 Å². The molecule has 0 radical (unpaired) electrons. The van der Waals surface area contributed by atoms with Crippen LogP contribution in [0.5, 0.6) is 0 Å². The highest BCUT2D eigenvalue weighted by Crippen LogP contribution is 2.31. The van der Waals surface area contributed by atoms with Crippen LogP contribution in [-0.2, 0) is 9.53 Å². The topological polar surface area (TPSA) is 180 Å². The molecule has 130 valence electrons. The fraction of sp³-hybridized carbons (Fsp3) is 0.909. The number of aliphatic hydroxyl groups excluding tert-OH is 5. The fourth-order valence-corrected chi connectivity index (χ4v) is 2.76. The molecule has 0 amide bonds. The normalized spacial score (nSPS) is 35.1.